The minimum atomic E-state index is -0.168. The van der Waals surface area contributed by atoms with Gasteiger partial charge in [-0.3, -0.25) is 4.79 Å². The quantitative estimate of drug-likeness (QED) is 0.828. The lowest BCUT2D eigenvalue weighted by Crippen LogP contribution is -2.14. The zero-order valence-corrected chi connectivity index (χ0v) is 12.5. The van der Waals surface area contributed by atoms with E-state index in [1.165, 1.54) is 11.8 Å². The largest absolute Gasteiger partial charge is 0.416 e. The molecule has 5 nitrogen and oxygen atoms in total. The third-order valence-electron chi connectivity index (χ3n) is 2.39. The normalized spacial score (nSPS) is 10.5. The third-order valence-corrected chi connectivity index (χ3v) is 3.53. The van der Waals surface area contributed by atoms with Crippen LogP contribution in [0.3, 0.4) is 0 Å². The highest BCUT2D eigenvalue weighted by molar-refractivity contribution is 7.99. The molecule has 0 saturated heterocycles. The van der Waals surface area contributed by atoms with Gasteiger partial charge in [-0.25, -0.2) is 0 Å². The molecule has 1 heterocycles. The van der Waals surface area contributed by atoms with E-state index < -0.39 is 0 Å². The number of rotatable bonds is 6. The summed E-state index contributed by atoms with van der Waals surface area (Å²) in [4.78, 5) is 11.8. The predicted octanol–water partition coefficient (Wildman–Crippen LogP) is 3.41. The second-order valence-electron chi connectivity index (χ2n) is 4.03. The van der Waals surface area contributed by atoms with Gasteiger partial charge in [0.15, 0.2) is 0 Å². The van der Waals surface area contributed by atoms with Crippen LogP contribution in [0, 0.1) is 0 Å². The standard InChI is InChI=1S/C13H14ClN3O2S/c1-2-5-12-16-17-13(19-12)20-8-11(18)15-10-7-4-3-6-9(10)14/h3-4,6-7H,2,5,8H2,1H3,(H,15,18). The molecule has 0 radical (unpaired) electrons. The molecule has 0 unspecified atom stereocenters. The number of hydrogen-bond acceptors (Lipinski definition) is 5. The van der Waals surface area contributed by atoms with Crippen molar-refractivity contribution in [1.29, 1.82) is 0 Å². The van der Waals surface area contributed by atoms with Crippen LogP contribution < -0.4 is 5.32 Å². The first-order valence-electron chi connectivity index (χ1n) is 6.18. The van der Waals surface area contributed by atoms with E-state index in [9.17, 15) is 4.79 Å². The van der Waals surface area contributed by atoms with Crippen LogP contribution in [0.15, 0.2) is 33.9 Å². The lowest BCUT2D eigenvalue weighted by molar-refractivity contribution is -0.113. The van der Waals surface area contributed by atoms with E-state index in [1.807, 2.05) is 13.0 Å². The number of anilines is 1. The highest BCUT2D eigenvalue weighted by atomic mass is 35.5. The summed E-state index contributed by atoms with van der Waals surface area (Å²) in [5, 5.41) is 11.4. The Labute approximate surface area is 126 Å². The van der Waals surface area contributed by atoms with Crippen LogP contribution >= 0.6 is 23.4 Å². The molecule has 0 spiro atoms. The molecule has 2 rings (SSSR count). The molecule has 1 amide bonds. The van der Waals surface area contributed by atoms with Crippen molar-refractivity contribution < 1.29 is 9.21 Å². The summed E-state index contributed by atoms with van der Waals surface area (Å²) < 4.78 is 5.38. The predicted molar refractivity (Wildman–Crippen MR) is 79.1 cm³/mol. The Morgan fingerprint density at radius 1 is 1.40 bits per heavy atom. The molecule has 0 aliphatic heterocycles. The van der Waals surface area contributed by atoms with Gasteiger partial charge in [0.05, 0.1) is 16.5 Å². The topological polar surface area (TPSA) is 68.0 Å². The van der Waals surface area contributed by atoms with Crippen molar-refractivity contribution in [1.82, 2.24) is 10.2 Å². The van der Waals surface area contributed by atoms with Crippen molar-refractivity contribution in [2.45, 2.75) is 25.0 Å². The van der Waals surface area contributed by atoms with Gasteiger partial charge >= 0.3 is 0 Å². The van der Waals surface area contributed by atoms with Gasteiger partial charge in [0.2, 0.25) is 11.8 Å². The summed E-state index contributed by atoms with van der Waals surface area (Å²) in [5.41, 5.74) is 0.594. The maximum absolute atomic E-state index is 11.8. The Morgan fingerprint density at radius 3 is 2.95 bits per heavy atom. The maximum Gasteiger partial charge on any atom is 0.277 e. The molecule has 0 saturated carbocycles. The lowest BCUT2D eigenvalue weighted by Gasteiger charge is -2.05. The van der Waals surface area contributed by atoms with Crippen LogP contribution in [0.25, 0.3) is 0 Å². The first-order chi connectivity index (χ1) is 9.69. The summed E-state index contributed by atoms with van der Waals surface area (Å²) in [6, 6.07) is 7.08. The van der Waals surface area contributed by atoms with Crippen molar-refractivity contribution in [3.63, 3.8) is 0 Å². The zero-order valence-electron chi connectivity index (χ0n) is 10.9. The SMILES string of the molecule is CCCc1nnc(SCC(=O)Nc2ccccc2Cl)o1. The number of aromatic nitrogens is 2. The van der Waals surface area contributed by atoms with E-state index in [0.29, 0.717) is 21.8 Å². The summed E-state index contributed by atoms with van der Waals surface area (Å²) in [6.07, 6.45) is 1.69. The zero-order chi connectivity index (χ0) is 14.4. The molecule has 0 atom stereocenters. The van der Waals surface area contributed by atoms with E-state index in [0.717, 1.165) is 12.8 Å². The number of thioether (sulfide) groups is 1. The van der Waals surface area contributed by atoms with E-state index >= 15 is 0 Å². The van der Waals surface area contributed by atoms with Crippen molar-refractivity contribution in [2.75, 3.05) is 11.1 Å². The number of amides is 1. The Morgan fingerprint density at radius 2 is 2.20 bits per heavy atom. The molecule has 1 N–H and O–H groups in total. The number of carbonyl (C=O) groups excluding carboxylic acids is 1. The monoisotopic (exact) mass is 311 g/mol. The molecule has 1 aromatic heterocycles. The van der Waals surface area contributed by atoms with Gasteiger partial charge in [-0.15, -0.1) is 10.2 Å². The van der Waals surface area contributed by atoms with E-state index in [4.69, 9.17) is 16.0 Å². The number of nitrogens with one attached hydrogen (secondary N) is 1. The summed E-state index contributed by atoms with van der Waals surface area (Å²) in [6.45, 7) is 2.04. The van der Waals surface area contributed by atoms with Crippen LogP contribution in [0.5, 0.6) is 0 Å². The molecule has 0 fully saturated rings. The maximum atomic E-state index is 11.8. The molecule has 0 bridgehead atoms. The summed E-state index contributed by atoms with van der Waals surface area (Å²) in [7, 11) is 0. The van der Waals surface area contributed by atoms with Crippen LogP contribution in [0.2, 0.25) is 5.02 Å². The molecule has 106 valence electrons. The molecule has 20 heavy (non-hydrogen) atoms. The molecule has 1 aromatic carbocycles. The van der Waals surface area contributed by atoms with Crippen molar-refractivity contribution in [2.24, 2.45) is 0 Å². The van der Waals surface area contributed by atoms with Gasteiger partial charge in [-0.05, 0) is 18.6 Å². The van der Waals surface area contributed by atoms with Gasteiger partial charge in [0, 0.05) is 6.42 Å². The first-order valence-corrected chi connectivity index (χ1v) is 7.55. The van der Waals surface area contributed by atoms with Crippen molar-refractivity contribution in [3.05, 3.63) is 35.2 Å². The van der Waals surface area contributed by atoms with Gasteiger partial charge in [-0.1, -0.05) is 42.4 Å². The molecule has 0 aliphatic carbocycles. The van der Waals surface area contributed by atoms with Crippen LogP contribution in [-0.4, -0.2) is 21.9 Å². The number of carbonyl (C=O) groups is 1. The summed E-state index contributed by atoms with van der Waals surface area (Å²) >= 11 is 7.17. The number of halogens is 1. The van der Waals surface area contributed by atoms with Crippen LogP contribution in [-0.2, 0) is 11.2 Å². The Bertz CT molecular complexity index is 589. The highest BCUT2D eigenvalue weighted by Crippen LogP contribution is 2.21. The second-order valence-corrected chi connectivity index (χ2v) is 5.36. The number of hydrogen-bond donors (Lipinski definition) is 1. The van der Waals surface area contributed by atoms with Gasteiger partial charge < -0.3 is 9.73 Å². The molecule has 0 aliphatic rings. The van der Waals surface area contributed by atoms with Crippen LogP contribution in [0.1, 0.15) is 19.2 Å². The van der Waals surface area contributed by atoms with Crippen LogP contribution in [0.4, 0.5) is 5.69 Å². The molecule has 2 aromatic rings. The van der Waals surface area contributed by atoms with E-state index in [2.05, 4.69) is 15.5 Å². The number of nitrogens with zero attached hydrogens (tertiary/aromatic N) is 2. The Hall–Kier alpha value is -1.53. The third kappa shape index (κ3) is 4.25. The Kier molecular flexibility index (Phi) is 5.43. The van der Waals surface area contributed by atoms with Gasteiger partial charge in [0.25, 0.3) is 5.22 Å². The van der Waals surface area contributed by atoms with E-state index in [-0.39, 0.29) is 11.7 Å². The number of aryl methyl sites for hydroxylation is 1. The summed E-state index contributed by atoms with van der Waals surface area (Å²) in [5.74, 6) is 0.624. The fourth-order valence-corrected chi connectivity index (χ4v) is 2.25. The van der Waals surface area contributed by atoms with E-state index in [1.54, 1.807) is 18.2 Å². The minimum Gasteiger partial charge on any atom is -0.416 e. The average molecular weight is 312 g/mol. The Balaban J connectivity index is 1.84. The first kappa shape index (κ1) is 14.9. The molecular weight excluding hydrogens is 298 g/mol. The average Bonchev–Trinajstić information content (AvgIpc) is 2.87. The highest BCUT2D eigenvalue weighted by Gasteiger charge is 2.10. The molecule has 7 heteroatoms. The van der Waals surface area contributed by atoms with Crippen molar-refractivity contribution in [3.8, 4) is 0 Å². The van der Waals surface area contributed by atoms with Crippen molar-refractivity contribution >= 4 is 35.0 Å². The van der Waals surface area contributed by atoms with Gasteiger partial charge in [-0.2, -0.15) is 0 Å². The lowest BCUT2D eigenvalue weighted by atomic mass is 10.3. The smallest absolute Gasteiger partial charge is 0.277 e. The second kappa shape index (κ2) is 7.31. The van der Waals surface area contributed by atoms with Gasteiger partial charge in [0.1, 0.15) is 0 Å². The number of benzene rings is 1. The minimum absolute atomic E-state index is 0.168. The fourth-order valence-electron chi connectivity index (χ4n) is 1.49. The number of para-hydroxylation sites is 1. The fraction of sp³-hybridized carbons (Fsp3) is 0.308. The molecular formula is C13H14ClN3O2S.